The standard InChI is InChI=1S/C17H31N3O4S/c1-13-4-3-5-14(2)20(13)10-17(22)19-7-6-18(8-9-21)15-11-25(23,24)12-16(15)19/h13-16,21H,3-12H2,1-2H3/t13-,14+,15-,16+/m1/s1. The lowest BCUT2D eigenvalue weighted by atomic mass is 9.97. The van der Waals surface area contributed by atoms with Crippen molar-refractivity contribution in [2.45, 2.75) is 57.3 Å². The van der Waals surface area contributed by atoms with Gasteiger partial charge in [-0.05, 0) is 26.7 Å². The van der Waals surface area contributed by atoms with Gasteiger partial charge >= 0.3 is 0 Å². The van der Waals surface area contributed by atoms with Gasteiger partial charge in [0.25, 0.3) is 0 Å². The average Bonchev–Trinajstić information content (AvgIpc) is 2.87. The molecule has 0 unspecified atom stereocenters. The van der Waals surface area contributed by atoms with Crippen molar-refractivity contribution in [2.75, 3.05) is 44.3 Å². The predicted molar refractivity (Wildman–Crippen MR) is 96.1 cm³/mol. The Morgan fingerprint density at radius 3 is 2.36 bits per heavy atom. The van der Waals surface area contributed by atoms with Gasteiger partial charge in [0.1, 0.15) is 0 Å². The van der Waals surface area contributed by atoms with Crippen LogP contribution in [-0.4, -0.2) is 103 Å². The SMILES string of the molecule is C[C@@H]1CCC[C@H](C)N1CC(=O)N1CCN(CCO)[C@@H]2CS(=O)(=O)C[C@@H]21. The van der Waals surface area contributed by atoms with Gasteiger partial charge in [-0.3, -0.25) is 14.6 Å². The highest BCUT2D eigenvalue weighted by atomic mass is 32.2. The fraction of sp³-hybridized carbons (Fsp3) is 0.941. The van der Waals surface area contributed by atoms with E-state index in [1.807, 2.05) is 4.90 Å². The molecule has 1 N–H and O–H groups in total. The van der Waals surface area contributed by atoms with Gasteiger partial charge in [0.15, 0.2) is 9.84 Å². The van der Waals surface area contributed by atoms with Crippen molar-refractivity contribution in [1.29, 1.82) is 0 Å². The van der Waals surface area contributed by atoms with Crippen molar-refractivity contribution < 1.29 is 18.3 Å². The smallest absolute Gasteiger partial charge is 0.237 e. The molecule has 0 bridgehead atoms. The Hall–Kier alpha value is -0.700. The van der Waals surface area contributed by atoms with Crippen LogP contribution in [0.5, 0.6) is 0 Å². The first-order chi connectivity index (χ1) is 11.8. The Balaban J connectivity index is 1.72. The first kappa shape index (κ1) is 19.1. The molecule has 0 aromatic heterocycles. The van der Waals surface area contributed by atoms with Crippen LogP contribution < -0.4 is 0 Å². The summed E-state index contributed by atoms with van der Waals surface area (Å²) >= 11 is 0. The molecule has 25 heavy (non-hydrogen) atoms. The van der Waals surface area contributed by atoms with E-state index in [0.717, 1.165) is 12.8 Å². The maximum atomic E-state index is 13.0. The zero-order chi connectivity index (χ0) is 18.2. The van der Waals surface area contributed by atoms with Crippen molar-refractivity contribution >= 4 is 15.7 Å². The van der Waals surface area contributed by atoms with E-state index < -0.39 is 9.84 Å². The number of carbonyl (C=O) groups excluding carboxylic acids is 1. The number of hydrogen-bond donors (Lipinski definition) is 1. The summed E-state index contributed by atoms with van der Waals surface area (Å²) in [6, 6.07) is 0.345. The van der Waals surface area contributed by atoms with Gasteiger partial charge in [0.05, 0.1) is 30.7 Å². The molecule has 4 atom stereocenters. The minimum absolute atomic E-state index is 0.0139. The molecular weight excluding hydrogens is 342 g/mol. The largest absolute Gasteiger partial charge is 0.395 e. The molecule has 0 aromatic rings. The minimum Gasteiger partial charge on any atom is -0.395 e. The highest BCUT2D eigenvalue weighted by molar-refractivity contribution is 7.91. The van der Waals surface area contributed by atoms with E-state index in [0.29, 0.717) is 38.3 Å². The third-order valence-electron chi connectivity index (χ3n) is 6.19. The molecule has 3 aliphatic heterocycles. The van der Waals surface area contributed by atoms with Crippen LogP contribution in [0, 0.1) is 0 Å². The molecule has 0 aliphatic carbocycles. The summed E-state index contributed by atoms with van der Waals surface area (Å²) < 4.78 is 24.3. The molecule has 0 saturated carbocycles. The normalized spacial score (nSPS) is 36.4. The highest BCUT2D eigenvalue weighted by Crippen LogP contribution is 2.28. The van der Waals surface area contributed by atoms with Gasteiger partial charge in [-0.1, -0.05) is 6.42 Å². The van der Waals surface area contributed by atoms with Crippen LogP contribution in [0.3, 0.4) is 0 Å². The van der Waals surface area contributed by atoms with Crippen molar-refractivity contribution in [3.05, 3.63) is 0 Å². The molecule has 144 valence electrons. The third kappa shape index (κ3) is 4.02. The van der Waals surface area contributed by atoms with Gasteiger partial charge in [0.2, 0.25) is 5.91 Å². The lowest BCUT2D eigenvalue weighted by Crippen LogP contribution is -2.62. The number of aliphatic hydroxyl groups is 1. The number of piperazine rings is 1. The molecule has 3 heterocycles. The van der Waals surface area contributed by atoms with E-state index in [2.05, 4.69) is 18.7 Å². The van der Waals surface area contributed by atoms with Crippen molar-refractivity contribution in [1.82, 2.24) is 14.7 Å². The second-order valence-electron chi connectivity index (χ2n) is 7.86. The summed E-state index contributed by atoms with van der Waals surface area (Å²) in [4.78, 5) is 19.1. The number of carbonyl (C=O) groups is 1. The van der Waals surface area contributed by atoms with Gasteiger partial charge < -0.3 is 10.0 Å². The van der Waals surface area contributed by atoms with Gasteiger partial charge in [-0.2, -0.15) is 0 Å². The van der Waals surface area contributed by atoms with Crippen LogP contribution in [-0.2, 0) is 14.6 Å². The first-order valence-electron chi connectivity index (χ1n) is 9.43. The molecule has 8 heteroatoms. The van der Waals surface area contributed by atoms with Crippen LogP contribution in [0.1, 0.15) is 33.1 Å². The second kappa shape index (κ2) is 7.50. The molecule has 3 aliphatic rings. The van der Waals surface area contributed by atoms with Gasteiger partial charge in [-0.15, -0.1) is 0 Å². The number of rotatable bonds is 4. The molecule has 1 amide bonds. The number of amides is 1. The maximum absolute atomic E-state index is 13.0. The lowest BCUT2D eigenvalue weighted by molar-refractivity contribution is -0.140. The van der Waals surface area contributed by atoms with Crippen LogP contribution in [0.4, 0.5) is 0 Å². The summed E-state index contributed by atoms with van der Waals surface area (Å²) in [5, 5.41) is 9.24. The minimum atomic E-state index is -3.13. The number of aliphatic hydroxyl groups excluding tert-OH is 1. The maximum Gasteiger partial charge on any atom is 0.237 e. The number of nitrogens with zero attached hydrogens (tertiary/aromatic N) is 3. The van der Waals surface area contributed by atoms with Gasteiger partial charge in [0, 0.05) is 37.8 Å². The predicted octanol–water partition coefficient (Wildman–Crippen LogP) is -0.449. The summed E-state index contributed by atoms with van der Waals surface area (Å²) in [7, 11) is -3.13. The summed E-state index contributed by atoms with van der Waals surface area (Å²) in [6.07, 6.45) is 3.43. The Labute approximate surface area is 150 Å². The second-order valence-corrected chi connectivity index (χ2v) is 10.0. The van der Waals surface area contributed by atoms with Crippen molar-refractivity contribution in [3.63, 3.8) is 0 Å². The zero-order valence-corrected chi connectivity index (χ0v) is 16.1. The van der Waals surface area contributed by atoms with E-state index in [1.165, 1.54) is 6.42 Å². The molecule has 7 nitrogen and oxygen atoms in total. The molecule has 0 aromatic carbocycles. The van der Waals surface area contributed by atoms with Gasteiger partial charge in [-0.25, -0.2) is 8.42 Å². The van der Waals surface area contributed by atoms with E-state index >= 15 is 0 Å². The topological polar surface area (TPSA) is 81.2 Å². The number of hydrogen-bond acceptors (Lipinski definition) is 6. The quantitative estimate of drug-likeness (QED) is 0.719. The summed E-state index contributed by atoms with van der Waals surface area (Å²) in [6.45, 7) is 6.39. The zero-order valence-electron chi connectivity index (χ0n) is 15.3. The summed E-state index contributed by atoms with van der Waals surface area (Å²) in [5.74, 6) is 0.199. The van der Waals surface area contributed by atoms with E-state index in [4.69, 9.17) is 0 Å². The van der Waals surface area contributed by atoms with Crippen molar-refractivity contribution in [3.8, 4) is 0 Å². The van der Waals surface area contributed by atoms with E-state index in [-0.39, 0.29) is 36.1 Å². The third-order valence-corrected chi connectivity index (χ3v) is 7.89. The molecule has 3 fully saturated rings. The molecular formula is C17H31N3O4S. The number of β-amino-alcohol motifs (C(OH)–C–C–N with tert-alkyl or cyclic N) is 1. The highest BCUT2D eigenvalue weighted by Gasteiger charge is 2.48. The Morgan fingerprint density at radius 1 is 1.08 bits per heavy atom. The monoisotopic (exact) mass is 373 g/mol. The fourth-order valence-electron chi connectivity index (χ4n) is 4.77. The van der Waals surface area contributed by atoms with Crippen LogP contribution in [0.15, 0.2) is 0 Å². The Morgan fingerprint density at radius 2 is 1.72 bits per heavy atom. The van der Waals surface area contributed by atoms with E-state index in [9.17, 15) is 18.3 Å². The van der Waals surface area contributed by atoms with Crippen LogP contribution in [0.2, 0.25) is 0 Å². The average molecular weight is 374 g/mol. The summed E-state index contributed by atoms with van der Waals surface area (Å²) in [5.41, 5.74) is 0. The van der Waals surface area contributed by atoms with Crippen molar-refractivity contribution in [2.24, 2.45) is 0 Å². The van der Waals surface area contributed by atoms with E-state index in [1.54, 1.807) is 4.90 Å². The van der Waals surface area contributed by atoms with Crippen LogP contribution >= 0.6 is 0 Å². The molecule has 3 saturated heterocycles. The first-order valence-corrected chi connectivity index (χ1v) is 11.2. The Kier molecular flexibility index (Phi) is 5.72. The number of piperidine rings is 1. The Bertz CT molecular complexity index is 587. The molecule has 0 spiro atoms. The molecule has 0 radical (unpaired) electrons. The number of fused-ring (bicyclic) bond motifs is 1. The number of likely N-dealkylation sites (tertiary alicyclic amines) is 1. The molecule has 3 rings (SSSR count). The van der Waals surface area contributed by atoms with Crippen LogP contribution in [0.25, 0.3) is 0 Å². The fourth-order valence-corrected chi connectivity index (χ4v) is 6.79. The number of sulfone groups is 1. The lowest BCUT2D eigenvalue weighted by Gasteiger charge is -2.45.